The number of aliphatic hydroxyl groups is 1. The molecule has 0 bridgehead atoms. The summed E-state index contributed by atoms with van der Waals surface area (Å²) in [6.07, 6.45) is -1.25. The number of halogens is 2. The number of carbonyl (C=O) groups excluding carboxylic acids is 4. The summed E-state index contributed by atoms with van der Waals surface area (Å²) in [7, 11) is 0. The van der Waals surface area contributed by atoms with Crippen molar-refractivity contribution in [2.24, 2.45) is 41.2 Å². The fourth-order valence-electron chi connectivity index (χ4n) is 4.59. The standard InChI is InChI=1S/C25H31F2NO9S/c1-11(2)21(30)34-9-36-23(32)18-17-19(18)25(28,24(33)37-10-35-22(31)12(3)4)14(20(17)29)8-38-13-5-6-15(26)16(27)7-13/h5-7,11-12,14,17-20,29H,8-10,28H2,1-4H3/t14-,17+,18+,19+,20-,25+/m1/s1. The van der Waals surface area contributed by atoms with Crippen molar-refractivity contribution in [2.45, 2.75) is 44.2 Å². The van der Waals surface area contributed by atoms with Gasteiger partial charge in [-0.1, -0.05) is 27.7 Å². The molecule has 0 aliphatic heterocycles. The molecule has 0 unspecified atom stereocenters. The van der Waals surface area contributed by atoms with Gasteiger partial charge in [0.15, 0.2) is 11.6 Å². The van der Waals surface area contributed by atoms with Crippen LogP contribution in [0.1, 0.15) is 27.7 Å². The zero-order valence-corrected chi connectivity index (χ0v) is 22.2. The van der Waals surface area contributed by atoms with Crippen LogP contribution in [0, 0.1) is 47.1 Å². The fourth-order valence-corrected chi connectivity index (χ4v) is 5.79. The van der Waals surface area contributed by atoms with Crippen molar-refractivity contribution in [1.82, 2.24) is 0 Å². The molecule has 210 valence electrons. The molecule has 2 aliphatic carbocycles. The minimum Gasteiger partial charge on any atom is -0.428 e. The van der Waals surface area contributed by atoms with Gasteiger partial charge in [0.2, 0.25) is 13.6 Å². The first-order chi connectivity index (χ1) is 17.8. The van der Waals surface area contributed by atoms with E-state index in [9.17, 15) is 33.1 Å². The molecular weight excluding hydrogens is 528 g/mol. The Morgan fingerprint density at radius 3 is 2.11 bits per heavy atom. The normalized spacial score (nSPS) is 27.6. The average molecular weight is 560 g/mol. The number of fused-ring (bicyclic) bond motifs is 1. The first-order valence-electron chi connectivity index (χ1n) is 12.0. The summed E-state index contributed by atoms with van der Waals surface area (Å²) in [4.78, 5) is 49.5. The molecule has 3 rings (SSSR count). The SMILES string of the molecule is CC(C)C(=O)OCOC(=O)[C@H]1[C@@H]2[C@H](O)[C@@H](CSc3ccc(F)c(F)c3)[C@@](N)(C(=O)OCOC(=O)C(C)C)[C@H]12. The molecule has 2 aliphatic rings. The van der Waals surface area contributed by atoms with E-state index < -0.39 is 96.2 Å². The minimum atomic E-state index is -1.89. The summed E-state index contributed by atoms with van der Waals surface area (Å²) in [6.45, 7) is 5.05. The topological polar surface area (TPSA) is 151 Å². The first-order valence-corrected chi connectivity index (χ1v) is 13.0. The number of hydrogen-bond donors (Lipinski definition) is 2. The van der Waals surface area contributed by atoms with Gasteiger partial charge in [0.25, 0.3) is 0 Å². The smallest absolute Gasteiger partial charge is 0.329 e. The average Bonchev–Trinajstić information content (AvgIpc) is 3.57. The van der Waals surface area contributed by atoms with Crippen LogP contribution in [0.15, 0.2) is 23.1 Å². The summed E-state index contributed by atoms with van der Waals surface area (Å²) < 4.78 is 46.8. The number of carbonyl (C=O) groups is 4. The van der Waals surface area contributed by atoms with Crippen LogP contribution in [-0.2, 0) is 38.1 Å². The number of esters is 4. The summed E-state index contributed by atoms with van der Waals surface area (Å²) in [5, 5.41) is 11.0. The zero-order chi connectivity index (χ0) is 28.4. The molecule has 0 heterocycles. The number of ether oxygens (including phenoxy) is 4. The highest BCUT2D eigenvalue weighted by atomic mass is 32.2. The molecule has 6 atom stereocenters. The third-order valence-corrected chi connectivity index (χ3v) is 7.84. The molecule has 38 heavy (non-hydrogen) atoms. The summed E-state index contributed by atoms with van der Waals surface area (Å²) >= 11 is 1.04. The van der Waals surface area contributed by atoms with Gasteiger partial charge in [-0.25, -0.2) is 13.6 Å². The number of rotatable bonds is 11. The van der Waals surface area contributed by atoms with E-state index in [1.807, 2.05) is 0 Å². The molecule has 1 aromatic carbocycles. The fraction of sp³-hybridized carbons (Fsp3) is 0.600. The summed E-state index contributed by atoms with van der Waals surface area (Å²) in [5.74, 6) is -9.53. The van der Waals surface area contributed by atoms with E-state index in [2.05, 4.69) is 0 Å². The Morgan fingerprint density at radius 1 is 0.974 bits per heavy atom. The molecule has 0 spiro atoms. The van der Waals surface area contributed by atoms with Crippen LogP contribution < -0.4 is 5.73 Å². The molecule has 10 nitrogen and oxygen atoms in total. The molecule has 0 aromatic heterocycles. The lowest BCUT2D eigenvalue weighted by atomic mass is 9.81. The van der Waals surface area contributed by atoms with E-state index in [1.165, 1.54) is 6.07 Å². The van der Waals surface area contributed by atoms with Gasteiger partial charge >= 0.3 is 23.9 Å². The summed E-state index contributed by atoms with van der Waals surface area (Å²) in [6, 6.07) is 3.26. The van der Waals surface area contributed by atoms with Crippen LogP contribution in [0.3, 0.4) is 0 Å². The number of benzene rings is 1. The van der Waals surface area contributed by atoms with Crippen LogP contribution in [0.4, 0.5) is 8.78 Å². The van der Waals surface area contributed by atoms with Crippen LogP contribution in [0.2, 0.25) is 0 Å². The second-order valence-electron chi connectivity index (χ2n) is 9.91. The Bertz CT molecular complexity index is 1080. The molecule has 1 aromatic rings. The number of thioether (sulfide) groups is 1. The van der Waals surface area contributed by atoms with Crippen LogP contribution in [0.5, 0.6) is 0 Å². The Balaban J connectivity index is 1.73. The maximum absolute atomic E-state index is 13.6. The van der Waals surface area contributed by atoms with E-state index in [4.69, 9.17) is 24.7 Å². The maximum Gasteiger partial charge on any atom is 0.329 e. The summed E-state index contributed by atoms with van der Waals surface area (Å²) in [5.41, 5.74) is 4.66. The highest BCUT2D eigenvalue weighted by molar-refractivity contribution is 7.99. The monoisotopic (exact) mass is 559 g/mol. The van der Waals surface area contributed by atoms with Gasteiger partial charge in [0.05, 0.1) is 23.9 Å². The van der Waals surface area contributed by atoms with Gasteiger partial charge in [0, 0.05) is 28.4 Å². The molecule has 3 N–H and O–H groups in total. The van der Waals surface area contributed by atoms with E-state index in [1.54, 1.807) is 27.7 Å². The van der Waals surface area contributed by atoms with Crippen molar-refractivity contribution in [3.8, 4) is 0 Å². The van der Waals surface area contributed by atoms with Gasteiger partial charge < -0.3 is 29.8 Å². The Morgan fingerprint density at radius 2 is 1.55 bits per heavy atom. The largest absolute Gasteiger partial charge is 0.428 e. The highest BCUT2D eigenvalue weighted by Crippen LogP contribution is 2.64. The van der Waals surface area contributed by atoms with E-state index in [0.29, 0.717) is 4.90 Å². The second-order valence-corrected chi connectivity index (χ2v) is 11.0. The van der Waals surface area contributed by atoms with Crippen LogP contribution in [-0.4, -0.2) is 60.0 Å². The van der Waals surface area contributed by atoms with Crippen molar-refractivity contribution in [3.63, 3.8) is 0 Å². The Hall–Kier alpha value is -2.77. The highest BCUT2D eigenvalue weighted by Gasteiger charge is 2.78. The minimum absolute atomic E-state index is 0.00435. The van der Waals surface area contributed by atoms with Crippen molar-refractivity contribution < 1.29 is 52.0 Å². The van der Waals surface area contributed by atoms with Gasteiger partial charge in [0.1, 0.15) is 5.54 Å². The lowest BCUT2D eigenvalue weighted by Crippen LogP contribution is -2.59. The van der Waals surface area contributed by atoms with Crippen LogP contribution >= 0.6 is 11.8 Å². The van der Waals surface area contributed by atoms with Crippen molar-refractivity contribution in [3.05, 3.63) is 29.8 Å². The van der Waals surface area contributed by atoms with E-state index in [0.717, 1.165) is 23.9 Å². The van der Waals surface area contributed by atoms with Crippen molar-refractivity contribution in [1.29, 1.82) is 0 Å². The molecule has 2 fully saturated rings. The number of nitrogens with two attached hydrogens (primary N) is 1. The maximum atomic E-state index is 13.6. The third-order valence-electron chi connectivity index (χ3n) is 6.73. The first kappa shape index (κ1) is 29.8. The predicted octanol–water partition coefficient (Wildman–Crippen LogP) is 2.01. The molecule has 2 saturated carbocycles. The van der Waals surface area contributed by atoms with Crippen LogP contribution in [0.25, 0.3) is 0 Å². The van der Waals surface area contributed by atoms with Gasteiger partial charge in [-0.05, 0) is 18.2 Å². The van der Waals surface area contributed by atoms with E-state index >= 15 is 0 Å². The lowest BCUT2D eigenvalue weighted by Gasteiger charge is -2.34. The van der Waals surface area contributed by atoms with E-state index in [-0.39, 0.29) is 5.75 Å². The Labute approximate surface area is 222 Å². The van der Waals surface area contributed by atoms with Crippen molar-refractivity contribution >= 4 is 35.6 Å². The van der Waals surface area contributed by atoms with Gasteiger partial charge in [-0.15, -0.1) is 11.8 Å². The number of hydrogen-bond acceptors (Lipinski definition) is 11. The number of aliphatic hydroxyl groups excluding tert-OH is 1. The molecule has 0 saturated heterocycles. The molecule has 0 amide bonds. The third kappa shape index (κ3) is 6.10. The molecule has 0 radical (unpaired) electrons. The van der Waals surface area contributed by atoms with Crippen molar-refractivity contribution in [2.75, 3.05) is 19.3 Å². The molecule has 13 heteroatoms. The zero-order valence-electron chi connectivity index (χ0n) is 21.3. The molecular formula is C25H31F2NO9S. The Kier molecular flexibility index (Phi) is 9.37. The van der Waals surface area contributed by atoms with Gasteiger partial charge in [-0.2, -0.15) is 0 Å². The quantitative estimate of drug-likeness (QED) is 0.233. The second kappa shape index (κ2) is 12.0. The van der Waals surface area contributed by atoms with Gasteiger partial charge in [-0.3, -0.25) is 14.4 Å². The predicted molar refractivity (Wildman–Crippen MR) is 128 cm³/mol. The lowest BCUT2D eigenvalue weighted by molar-refractivity contribution is -0.175.